The van der Waals surface area contributed by atoms with Crippen molar-refractivity contribution < 1.29 is 15.1 Å². The molecule has 0 unspecified atom stereocenters. The van der Waals surface area contributed by atoms with Gasteiger partial charge in [0.25, 0.3) is 0 Å². The molecule has 110 valence electrons. The van der Waals surface area contributed by atoms with Crippen molar-refractivity contribution in [2.45, 2.75) is 6.42 Å². The van der Waals surface area contributed by atoms with Crippen LogP contribution in [0.25, 0.3) is 16.8 Å². The molecule has 0 saturated carbocycles. The summed E-state index contributed by atoms with van der Waals surface area (Å²) in [5.41, 5.74) is 2.72. The molecule has 0 aliphatic rings. The minimum absolute atomic E-state index is 0.0103. The summed E-state index contributed by atoms with van der Waals surface area (Å²) in [6.07, 6.45) is 1.78. The predicted molar refractivity (Wildman–Crippen MR) is 81.2 cm³/mol. The molecule has 0 aliphatic carbocycles. The highest BCUT2D eigenvalue weighted by atomic mass is 16.4. The number of pyridine rings is 1. The van der Waals surface area contributed by atoms with Crippen LogP contribution in [0.2, 0.25) is 0 Å². The second-order valence-electron chi connectivity index (χ2n) is 4.75. The summed E-state index contributed by atoms with van der Waals surface area (Å²) >= 11 is 0. The number of benzene rings is 1. The maximum absolute atomic E-state index is 11.1. The molecule has 0 atom stereocenters. The summed E-state index contributed by atoms with van der Waals surface area (Å²) in [6, 6.07) is 15.0. The standard InChI is InChI=1S/C16H13N3O3/c20-16(21)13(18-22)10-12-14-8-4-5-9-19(14)17-15(12)11-6-2-1-3-7-11/h1-9,22H,10H2,(H,20,21)/b18-13-. The largest absolute Gasteiger partial charge is 0.477 e. The summed E-state index contributed by atoms with van der Waals surface area (Å²) in [7, 11) is 0. The highest BCUT2D eigenvalue weighted by Gasteiger charge is 2.19. The number of fused-ring (bicyclic) bond motifs is 1. The summed E-state index contributed by atoms with van der Waals surface area (Å²) in [6.45, 7) is 0. The van der Waals surface area contributed by atoms with Crippen molar-refractivity contribution in [3.63, 3.8) is 0 Å². The van der Waals surface area contributed by atoms with E-state index in [-0.39, 0.29) is 12.1 Å². The minimum Gasteiger partial charge on any atom is -0.477 e. The smallest absolute Gasteiger partial charge is 0.354 e. The summed E-state index contributed by atoms with van der Waals surface area (Å²) in [4.78, 5) is 11.1. The van der Waals surface area contributed by atoms with Crippen molar-refractivity contribution in [3.05, 3.63) is 60.3 Å². The van der Waals surface area contributed by atoms with Crippen molar-refractivity contribution in [2.24, 2.45) is 5.16 Å². The van der Waals surface area contributed by atoms with Gasteiger partial charge in [-0.15, -0.1) is 0 Å². The number of carboxylic acids is 1. The third kappa shape index (κ3) is 2.42. The molecule has 0 bridgehead atoms. The van der Waals surface area contributed by atoms with Gasteiger partial charge in [0.15, 0.2) is 5.71 Å². The Balaban J connectivity index is 2.20. The average molecular weight is 295 g/mol. The molecule has 2 N–H and O–H groups in total. The molecule has 0 spiro atoms. The lowest BCUT2D eigenvalue weighted by atomic mass is 10.0. The van der Waals surface area contributed by atoms with Crippen molar-refractivity contribution in [1.29, 1.82) is 0 Å². The molecule has 2 heterocycles. The van der Waals surface area contributed by atoms with Gasteiger partial charge < -0.3 is 10.3 Å². The average Bonchev–Trinajstić information content (AvgIpc) is 2.91. The zero-order valence-corrected chi connectivity index (χ0v) is 11.5. The first kappa shape index (κ1) is 13.8. The molecule has 2 aromatic heterocycles. The van der Waals surface area contributed by atoms with Crippen LogP contribution in [0.5, 0.6) is 0 Å². The van der Waals surface area contributed by atoms with Crippen molar-refractivity contribution in [1.82, 2.24) is 9.61 Å². The van der Waals surface area contributed by atoms with Gasteiger partial charge in [0.05, 0.1) is 11.2 Å². The molecule has 1 aromatic carbocycles. The fraction of sp³-hybridized carbons (Fsp3) is 0.0625. The lowest BCUT2D eigenvalue weighted by molar-refractivity contribution is -0.129. The van der Waals surface area contributed by atoms with Crippen LogP contribution in [0.15, 0.2) is 59.9 Å². The Morgan fingerprint density at radius 3 is 2.55 bits per heavy atom. The van der Waals surface area contributed by atoms with Crippen LogP contribution in [-0.4, -0.2) is 31.6 Å². The number of carbonyl (C=O) groups is 1. The number of aliphatic carboxylic acids is 1. The monoisotopic (exact) mass is 295 g/mol. The fourth-order valence-electron chi connectivity index (χ4n) is 2.37. The lowest BCUT2D eigenvalue weighted by Crippen LogP contribution is -2.16. The number of rotatable bonds is 4. The van der Waals surface area contributed by atoms with Gasteiger partial charge in [0.2, 0.25) is 0 Å². The molecule has 0 aliphatic heterocycles. The Hall–Kier alpha value is -3.15. The highest BCUT2D eigenvalue weighted by Crippen LogP contribution is 2.26. The van der Waals surface area contributed by atoms with Gasteiger partial charge in [-0.1, -0.05) is 41.6 Å². The van der Waals surface area contributed by atoms with Gasteiger partial charge in [-0.05, 0) is 12.1 Å². The molecule has 0 amide bonds. The Morgan fingerprint density at radius 1 is 1.14 bits per heavy atom. The quantitative estimate of drug-likeness (QED) is 0.440. The van der Waals surface area contributed by atoms with E-state index in [0.29, 0.717) is 11.3 Å². The van der Waals surface area contributed by atoms with Crippen LogP contribution in [0.1, 0.15) is 5.56 Å². The first-order chi connectivity index (χ1) is 10.7. The summed E-state index contributed by atoms with van der Waals surface area (Å²) in [5.74, 6) is -1.25. The fourth-order valence-corrected chi connectivity index (χ4v) is 2.37. The number of hydrogen-bond donors (Lipinski definition) is 2. The first-order valence-corrected chi connectivity index (χ1v) is 6.66. The molecule has 6 heteroatoms. The first-order valence-electron chi connectivity index (χ1n) is 6.66. The van der Waals surface area contributed by atoms with E-state index in [1.54, 1.807) is 10.7 Å². The van der Waals surface area contributed by atoms with E-state index in [9.17, 15) is 4.79 Å². The van der Waals surface area contributed by atoms with Crippen LogP contribution in [0, 0.1) is 0 Å². The highest BCUT2D eigenvalue weighted by molar-refractivity contribution is 6.36. The van der Waals surface area contributed by atoms with Crippen LogP contribution in [-0.2, 0) is 11.2 Å². The maximum Gasteiger partial charge on any atom is 0.354 e. The summed E-state index contributed by atoms with van der Waals surface area (Å²) < 4.78 is 1.69. The van der Waals surface area contributed by atoms with Gasteiger partial charge >= 0.3 is 5.97 Å². The zero-order valence-electron chi connectivity index (χ0n) is 11.5. The summed E-state index contributed by atoms with van der Waals surface area (Å²) in [5, 5.41) is 25.4. The van der Waals surface area contributed by atoms with Gasteiger partial charge in [0.1, 0.15) is 0 Å². The molecule has 6 nitrogen and oxygen atoms in total. The number of hydrogen-bond acceptors (Lipinski definition) is 4. The van der Waals surface area contributed by atoms with E-state index in [0.717, 1.165) is 11.1 Å². The van der Waals surface area contributed by atoms with E-state index in [2.05, 4.69) is 10.3 Å². The molecule has 3 aromatic rings. The maximum atomic E-state index is 11.1. The molecule has 22 heavy (non-hydrogen) atoms. The van der Waals surface area contributed by atoms with Crippen molar-refractivity contribution >= 4 is 17.2 Å². The molecular formula is C16H13N3O3. The third-order valence-corrected chi connectivity index (χ3v) is 3.40. The molecular weight excluding hydrogens is 282 g/mol. The zero-order chi connectivity index (χ0) is 15.5. The van der Waals surface area contributed by atoms with E-state index in [1.807, 2.05) is 48.5 Å². The van der Waals surface area contributed by atoms with Gasteiger partial charge in [-0.2, -0.15) is 5.10 Å². The Morgan fingerprint density at radius 2 is 1.86 bits per heavy atom. The van der Waals surface area contributed by atoms with Crippen molar-refractivity contribution in [2.75, 3.05) is 0 Å². The van der Waals surface area contributed by atoms with E-state index in [1.165, 1.54) is 0 Å². The Labute approximate surface area is 125 Å². The van der Waals surface area contributed by atoms with Gasteiger partial charge in [-0.25, -0.2) is 9.31 Å². The third-order valence-electron chi connectivity index (χ3n) is 3.40. The van der Waals surface area contributed by atoms with Crippen LogP contribution < -0.4 is 0 Å². The van der Waals surface area contributed by atoms with E-state index < -0.39 is 5.97 Å². The lowest BCUT2D eigenvalue weighted by Gasteiger charge is -2.03. The Bertz CT molecular complexity index is 853. The Kier molecular flexibility index (Phi) is 3.57. The second-order valence-corrected chi connectivity index (χ2v) is 4.75. The molecule has 0 saturated heterocycles. The molecule has 0 radical (unpaired) electrons. The van der Waals surface area contributed by atoms with Crippen molar-refractivity contribution in [3.8, 4) is 11.3 Å². The molecule has 0 fully saturated rings. The van der Waals surface area contributed by atoms with E-state index in [4.69, 9.17) is 10.3 Å². The number of oxime groups is 1. The number of carboxylic acid groups (broad SMARTS) is 1. The normalized spacial score (nSPS) is 11.7. The van der Waals surface area contributed by atoms with Crippen LogP contribution in [0.3, 0.4) is 0 Å². The van der Waals surface area contributed by atoms with Gasteiger partial charge in [0, 0.05) is 23.7 Å². The SMILES string of the molecule is O=C(O)/C(Cc1c(-c2ccccc2)nn2ccccc12)=N\O. The topological polar surface area (TPSA) is 87.2 Å². The predicted octanol–water partition coefficient (Wildman–Crippen LogP) is 2.46. The van der Waals surface area contributed by atoms with Crippen LogP contribution in [0.4, 0.5) is 0 Å². The minimum atomic E-state index is -1.25. The number of aromatic nitrogens is 2. The molecule has 3 rings (SSSR count). The second kappa shape index (κ2) is 5.69. The van der Waals surface area contributed by atoms with Crippen LogP contribution >= 0.6 is 0 Å². The number of nitrogens with zero attached hydrogens (tertiary/aromatic N) is 3. The van der Waals surface area contributed by atoms with E-state index >= 15 is 0 Å². The van der Waals surface area contributed by atoms with Gasteiger partial charge in [-0.3, -0.25) is 0 Å².